The van der Waals surface area contributed by atoms with Gasteiger partial charge in [-0.25, -0.2) is 0 Å². The Kier molecular flexibility index (Phi) is 4.95. The first-order valence-corrected chi connectivity index (χ1v) is 5.47. The molecule has 0 radical (unpaired) electrons. The molecular weight excluding hydrogens is 216 g/mol. The molecule has 0 saturated heterocycles. The number of nitrogens with zero attached hydrogens (tertiary/aromatic N) is 2. The molecular formula is C13H18N2O2. The third kappa shape index (κ3) is 3.74. The standard InChI is InChI=1S/C13H18N2O2/c1-10-4-5-11(7-14)13(6-10)15(2)8-12(16)9-17-3/h4-6,12,16H,8-9H2,1-3H3. The lowest BCUT2D eigenvalue weighted by molar-refractivity contribution is 0.0695. The molecule has 0 amide bonds. The number of nitriles is 1. The summed E-state index contributed by atoms with van der Waals surface area (Å²) in [6.45, 7) is 2.70. The summed E-state index contributed by atoms with van der Waals surface area (Å²) in [6, 6.07) is 7.80. The lowest BCUT2D eigenvalue weighted by atomic mass is 10.1. The van der Waals surface area contributed by atoms with E-state index >= 15 is 0 Å². The number of rotatable bonds is 5. The first kappa shape index (κ1) is 13.5. The largest absolute Gasteiger partial charge is 0.389 e. The molecule has 0 aliphatic carbocycles. The normalized spacial score (nSPS) is 11.9. The molecule has 92 valence electrons. The predicted octanol–water partition coefficient (Wildman–Crippen LogP) is 1.31. The van der Waals surface area contributed by atoms with Crippen molar-refractivity contribution in [2.45, 2.75) is 13.0 Å². The highest BCUT2D eigenvalue weighted by molar-refractivity contribution is 5.60. The number of aryl methyl sites for hydroxylation is 1. The van der Waals surface area contributed by atoms with Crippen LogP contribution < -0.4 is 4.90 Å². The number of hydrogen-bond acceptors (Lipinski definition) is 4. The molecule has 0 bridgehead atoms. The van der Waals surface area contributed by atoms with Crippen molar-refractivity contribution in [3.63, 3.8) is 0 Å². The molecule has 17 heavy (non-hydrogen) atoms. The van der Waals surface area contributed by atoms with E-state index in [1.54, 1.807) is 13.2 Å². The molecule has 1 N–H and O–H groups in total. The van der Waals surface area contributed by atoms with Gasteiger partial charge in [0.05, 0.1) is 24.0 Å². The molecule has 1 aromatic rings. The zero-order chi connectivity index (χ0) is 12.8. The van der Waals surface area contributed by atoms with Crippen molar-refractivity contribution in [2.75, 3.05) is 32.2 Å². The van der Waals surface area contributed by atoms with Gasteiger partial charge < -0.3 is 14.7 Å². The lowest BCUT2D eigenvalue weighted by Crippen LogP contribution is -2.32. The van der Waals surface area contributed by atoms with Crippen LogP contribution in [0.5, 0.6) is 0 Å². The second-order valence-electron chi connectivity index (χ2n) is 4.12. The average Bonchev–Trinajstić information content (AvgIpc) is 2.29. The van der Waals surface area contributed by atoms with Gasteiger partial charge >= 0.3 is 0 Å². The fourth-order valence-corrected chi connectivity index (χ4v) is 1.71. The number of methoxy groups -OCH3 is 1. The Morgan fingerprint density at radius 1 is 1.53 bits per heavy atom. The topological polar surface area (TPSA) is 56.5 Å². The highest BCUT2D eigenvalue weighted by Gasteiger charge is 2.12. The van der Waals surface area contributed by atoms with Crippen LogP contribution in [0, 0.1) is 18.3 Å². The van der Waals surface area contributed by atoms with E-state index < -0.39 is 6.10 Å². The number of aliphatic hydroxyl groups is 1. The molecule has 1 atom stereocenters. The van der Waals surface area contributed by atoms with Gasteiger partial charge in [0.1, 0.15) is 6.07 Å². The maximum absolute atomic E-state index is 9.66. The number of aliphatic hydroxyl groups excluding tert-OH is 1. The Balaban J connectivity index is 2.84. The van der Waals surface area contributed by atoms with Crippen molar-refractivity contribution in [1.82, 2.24) is 0 Å². The van der Waals surface area contributed by atoms with Gasteiger partial charge in [-0.3, -0.25) is 0 Å². The third-order valence-electron chi connectivity index (χ3n) is 2.53. The monoisotopic (exact) mass is 234 g/mol. The van der Waals surface area contributed by atoms with E-state index in [2.05, 4.69) is 6.07 Å². The van der Waals surface area contributed by atoms with Crippen molar-refractivity contribution in [1.29, 1.82) is 5.26 Å². The van der Waals surface area contributed by atoms with Crippen LogP contribution in [-0.4, -0.2) is 38.5 Å². The highest BCUT2D eigenvalue weighted by atomic mass is 16.5. The van der Waals surface area contributed by atoms with Gasteiger partial charge in [0, 0.05) is 20.7 Å². The second kappa shape index (κ2) is 6.24. The fraction of sp³-hybridized carbons (Fsp3) is 0.462. The van der Waals surface area contributed by atoms with Crippen LogP contribution in [0.1, 0.15) is 11.1 Å². The average molecular weight is 234 g/mol. The molecule has 4 nitrogen and oxygen atoms in total. The molecule has 1 unspecified atom stereocenters. The minimum atomic E-state index is -0.558. The van der Waals surface area contributed by atoms with Crippen LogP contribution in [0.2, 0.25) is 0 Å². The van der Waals surface area contributed by atoms with Gasteiger partial charge in [-0.2, -0.15) is 5.26 Å². The quantitative estimate of drug-likeness (QED) is 0.834. The van der Waals surface area contributed by atoms with Crippen LogP contribution in [0.25, 0.3) is 0 Å². The van der Waals surface area contributed by atoms with Gasteiger partial charge in [0.25, 0.3) is 0 Å². The predicted molar refractivity (Wildman–Crippen MR) is 67.0 cm³/mol. The van der Waals surface area contributed by atoms with Gasteiger partial charge in [-0.15, -0.1) is 0 Å². The van der Waals surface area contributed by atoms with Crippen molar-refractivity contribution < 1.29 is 9.84 Å². The molecule has 1 aromatic carbocycles. The number of likely N-dealkylation sites (N-methyl/N-ethyl adjacent to an activating group) is 1. The molecule has 0 aliphatic rings. The van der Waals surface area contributed by atoms with Gasteiger partial charge in [0.2, 0.25) is 0 Å². The maximum atomic E-state index is 9.66. The molecule has 0 saturated carbocycles. The number of benzene rings is 1. The molecule has 4 heteroatoms. The van der Waals surface area contributed by atoms with Crippen LogP contribution in [0.4, 0.5) is 5.69 Å². The molecule has 0 fully saturated rings. The molecule has 0 aromatic heterocycles. The summed E-state index contributed by atoms with van der Waals surface area (Å²) in [5.41, 5.74) is 2.54. The summed E-state index contributed by atoms with van der Waals surface area (Å²) in [5.74, 6) is 0. The minimum absolute atomic E-state index is 0.290. The van der Waals surface area contributed by atoms with Crippen molar-refractivity contribution in [3.05, 3.63) is 29.3 Å². The van der Waals surface area contributed by atoms with Gasteiger partial charge in [-0.1, -0.05) is 6.07 Å². The lowest BCUT2D eigenvalue weighted by Gasteiger charge is -2.23. The Morgan fingerprint density at radius 2 is 2.24 bits per heavy atom. The van der Waals surface area contributed by atoms with E-state index in [4.69, 9.17) is 10.00 Å². The van der Waals surface area contributed by atoms with Crippen LogP contribution in [0.3, 0.4) is 0 Å². The van der Waals surface area contributed by atoms with Crippen LogP contribution in [-0.2, 0) is 4.74 Å². The van der Waals surface area contributed by atoms with Crippen molar-refractivity contribution in [3.8, 4) is 6.07 Å². The number of hydrogen-bond donors (Lipinski definition) is 1. The Morgan fingerprint density at radius 3 is 2.82 bits per heavy atom. The summed E-state index contributed by atoms with van der Waals surface area (Å²) in [7, 11) is 3.41. The molecule has 0 aliphatic heterocycles. The van der Waals surface area contributed by atoms with E-state index in [1.165, 1.54) is 0 Å². The highest BCUT2D eigenvalue weighted by Crippen LogP contribution is 2.20. The minimum Gasteiger partial charge on any atom is -0.389 e. The second-order valence-corrected chi connectivity index (χ2v) is 4.12. The van der Waals surface area contributed by atoms with Crippen molar-refractivity contribution in [2.24, 2.45) is 0 Å². The smallest absolute Gasteiger partial charge is 0.101 e. The Bertz CT molecular complexity index is 412. The summed E-state index contributed by atoms with van der Waals surface area (Å²) < 4.78 is 4.88. The van der Waals surface area contributed by atoms with Gasteiger partial charge in [-0.05, 0) is 24.6 Å². The Hall–Kier alpha value is -1.57. The summed E-state index contributed by atoms with van der Waals surface area (Å²) in [4.78, 5) is 1.87. The molecule has 0 heterocycles. The van der Waals surface area contributed by atoms with Gasteiger partial charge in [0.15, 0.2) is 0 Å². The van der Waals surface area contributed by atoms with Crippen LogP contribution >= 0.6 is 0 Å². The number of anilines is 1. The zero-order valence-electron chi connectivity index (χ0n) is 10.5. The zero-order valence-corrected chi connectivity index (χ0v) is 10.5. The maximum Gasteiger partial charge on any atom is 0.101 e. The van der Waals surface area contributed by atoms with Crippen molar-refractivity contribution >= 4 is 5.69 Å². The van der Waals surface area contributed by atoms with E-state index in [1.807, 2.05) is 31.0 Å². The summed E-state index contributed by atoms with van der Waals surface area (Å²) in [5, 5.41) is 18.7. The third-order valence-corrected chi connectivity index (χ3v) is 2.53. The van der Waals surface area contributed by atoms with E-state index in [0.29, 0.717) is 12.1 Å². The molecule has 0 spiro atoms. The van der Waals surface area contributed by atoms with Crippen LogP contribution in [0.15, 0.2) is 18.2 Å². The first-order chi connectivity index (χ1) is 8.08. The summed E-state index contributed by atoms with van der Waals surface area (Å²) in [6.07, 6.45) is -0.558. The molecule has 1 rings (SSSR count). The van der Waals surface area contributed by atoms with E-state index in [0.717, 1.165) is 11.3 Å². The number of ether oxygens (including phenoxy) is 1. The summed E-state index contributed by atoms with van der Waals surface area (Å²) >= 11 is 0. The van der Waals surface area contributed by atoms with E-state index in [-0.39, 0.29) is 6.61 Å². The first-order valence-electron chi connectivity index (χ1n) is 5.47. The Labute approximate surface area is 102 Å². The fourth-order valence-electron chi connectivity index (χ4n) is 1.71. The SMILES string of the molecule is COCC(O)CN(C)c1cc(C)ccc1C#N. The van der Waals surface area contributed by atoms with E-state index in [9.17, 15) is 5.11 Å².